The van der Waals surface area contributed by atoms with Gasteiger partial charge in [-0.25, -0.2) is 0 Å². The number of carbonyl (C=O) groups is 2. The van der Waals surface area contributed by atoms with E-state index in [1.54, 1.807) is 19.1 Å². The molecule has 150 valence electrons. The fourth-order valence-electron chi connectivity index (χ4n) is 3.10. The number of ether oxygens (including phenoxy) is 1. The Kier molecular flexibility index (Phi) is 7.58. The summed E-state index contributed by atoms with van der Waals surface area (Å²) in [6.07, 6.45) is 0. The van der Waals surface area contributed by atoms with E-state index in [2.05, 4.69) is 5.32 Å². The van der Waals surface area contributed by atoms with E-state index < -0.39 is 0 Å². The topological polar surface area (TPSA) is 63.1 Å². The molecule has 1 atom stereocenters. The Labute approximate surface area is 167 Å². The first-order valence-electron chi connectivity index (χ1n) is 9.35. The molecule has 2 amide bonds. The summed E-state index contributed by atoms with van der Waals surface area (Å²) in [5, 5.41) is 2.97. The Bertz CT molecular complexity index is 815. The summed E-state index contributed by atoms with van der Waals surface area (Å²) in [5.41, 5.74) is 3.85. The monoisotopic (exact) mass is 384 g/mol. The highest BCUT2D eigenvalue weighted by molar-refractivity contribution is 5.93. The van der Waals surface area contributed by atoms with E-state index in [1.165, 1.54) is 0 Å². The van der Waals surface area contributed by atoms with Crippen molar-refractivity contribution in [3.8, 4) is 5.75 Å². The summed E-state index contributed by atoms with van der Waals surface area (Å²) in [7, 11) is 5.23. The van der Waals surface area contributed by atoms with Crippen LogP contribution in [0.2, 0.25) is 0 Å². The molecule has 0 fully saturated rings. The van der Waals surface area contributed by atoms with Gasteiger partial charge >= 0.3 is 0 Å². The van der Waals surface area contributed by atoms with Crippen molar-refractivity contribution in [2.45, 2.75) is 20.4 Å². The maximum Gasteiger partial charge on any atom is 0.279 e. The number of anilines is 1. The van der Waals surface area contributed by atoms with Crippen molar-refractivity contribution in [1.29, 1.82) is 0 Å². The first kappa shape index (κ1) is 21.4. The Morgan fingerprint density at radius 3 is 2.32 bits per heavy atom. The second kappa shape index (κ2) is 9.90. The molecule has 2 aromatic carbocycles. The van der Waals surface area contributed by atoms with Gasteiger partial charge in [0, 0.05) is 24.8 Å². The highest BCUT2D eigenvalue weighted by atomic mass is 16.5. The molecule has 0 saturated heterocycles. The van der Waals surface area contributed by atoms with Crippen LogP contribution < -0.4 is 15.0 Å². The Balaban J connectivity index is 1.88. The van der Waals surface area contributed by atoms with Gasteiger partial charge in [-0.2, -0.15) is 0 Å². The van der Waals surface area contributed by atoms with Crippen LogP contribution in [0, 0.1) is 13.8 Å². The molecule has 0 bridgehead atoms. The average Bonchev–Trinajstić information content (AvgIpc) is 2.65. The molecule has 0 spiro atoms. The lowest BCUT2D eigenvalue weighted by molar-refractivity contribution is -0.862. The third kappa shape index (κ3) is 5.82. The standard InChI is InChI=1S/C22H29N3O3/c1-16-9-8-10-17(2)22(16)23-20(26)14-24(3)15-21(27)25(4)13-18-11-6-7-12-19(18)28-5/h6-12H,13-15H2,1-5H3,(H,23,26)/p+1. The minimum absolute atomic E-state index is 0.0247. The van der Waals surface area contributed by atoms with Crippen LogP contribution in [0.4, 0.5) is 5.69 Å². The molecule has 0 aliphatic carbocycles. The SMILES string of the molecule is COc1ccccc1CN(C)C(=O)C[NH+](C)CC(=O)Nc1c(C)cccc1C. The number of hydrogen-bond donors (Lipinski definition) is 2. The van der Waals surface area contributed by atoms with Gasteiger partial charge in [-0.15, -0.1) is 0 Å². The van der Waals surface area contributed by atoms with Crippen molar-refractivity contribution in [1.82, 2.24) is 4.90 Å². The van der Waals surface area contributed by atoms with Crippen molar-refractivity contribution < 1.29 is 19.2 Å². The summed E-state index contributed by atoms with van der Waals surface area (Å²) < 4.78 is 5.34. The zero-order valence-corrected chi connectivity index (χ0v) is 17.3. The minimum atomic E-state index is -0.102. The number of amides is 2. The lowest BCUT2D eigenvalue weighted by atomic mass is 10.1. The first-order valence-corrected chi connectivity index (χ1v) is 9.35. The zero-order valence-electron chi connectivity index (χ0n) is 17.3. The summed E-state index contributed by atoms with van der Waals surface area (Å²) >= 11 is 0. The lowest BCUT2D eigenvalue weighted by Crippen LogP contribution is -3.11. The van der Waals surface area contributed by atoms with Crippen LogP contribution in [-0.2, 0) is 16.1 Å². The van der Waals surface area contributed by atoms with E-state index in [-0.39, 0.29) is 24.9 Å². The highest BCUT2D eigenvalue weighted by Crippen LogP contribution is 2.19. The Hall–Kier alpha value is -2.86. The zero-order chi connectivity index (χ0) is 20.7. The number of nitrogens with one attached hydrogen (secondary N) is 2. The predicted molar refractivity (Wildman–Crippen MR) is 111 cm³/mol. The summed E-state index contributed by atoms with van der Waals surface area (Å²) in [4.78, 5) is 27.4. The molecule has 0 heterocycles. The minimum Gasteiger partial charge on any atom is -0.496 e. The lowest BCUT2D eigenvalue weighted by Gasteiger charge is -2.21. The van der Waals surface area contributed by atoms with Gasteiger partial charge in [-0.1, -0.05) is 36.4 Å². The van der Waals surface area contributed by atoms with Crippen molar-refractivity contribution in [2.24, 2.45) is 0 Å². The van der Waals surface area contributed by atoms with Gasteiger partial charge in [0.15, 0.2) is 13.1 Å². The number of nitrogens with zero attached hydrogens (tertiary/aromatic N) is 1. The van der Waals surface area contributed by atoms with Gasteiger partial charge in [0.1, 0.15) is 5.75 Å². The average molecular weight is 385 g/mol. The second-order valence-electron chi connectivity index (χ2n) is 7.19. The number of rotatable bonds is 8. The number of benzene rings is 2. The number of hydrogen-bond acceptors (Lipinski definition) is 3. The number of methoxy groups -OCH3 is 1. The molecule has 0 aliphatic heterocycles. The summed E-state index contributed by atoms with van der Waals surface area (Å²) in [6.45, 7) is 4.86. The summed E-state index contributed by atoms with van der Waals surface area (Å²) in [6, 6.07) is 13.5. The van der Waals surface area contributed by atoms with Crippen molar-refractivity contribution >= 4 is 17.5 Å². The van der Waals surface area contributed by atoms with Gasteiger partial charge in [-0.3, -0.25) is 9.59 Å². The molecule has 0 aromatic heterocycles. The van der Waals surface area contributed by atoms with E-state index >= 15 is 0 Å². The van der Waals surface area contributed by atoms with Gasteiger partial charge < -0.3 is 19.9 Å². The Morgan fingerprint density at radius 1 is 1.04 bits per heavy atom. The first-order chi connectivity index (χ1) is 13.3. The van der Waals surface area contributed by atoms with Crippen LogP contribution in [0.3, 0.4) is 0 Å². The highest BCUT2D eigenvalue weighted by Gasteiger charge is 2.19. The van der Waals surface area contributed by atoms with Crippen molar-refractivity contribution in [2.75, 3.05) is 39.6 Å². The molecular formula is C22H30N3O3+. The molecule has 0 radical (unpaired) electrons. The molecule has 0 saturated carbocycles. The molecular weight excluding hydrogens is 354 g/mol. The maximum absolute atomic E-state index is 12.5. The number of aryl methyl sites for hydroxylation is 2. The molecule has 2 rings (SSSR count). The molecule has 2 aromatic rings. The van der Waals surface area contributed by atoms with E-state index in [0.717, 1.165) is 33.0 Å². The van der Waals surface area contributed by atoms with Crippen molar-refractivity contribution in [3.63, 3.8) is 0 Å². The van der Waals surface area contributed by atoms with Crippen LogP contribution in [0.1, 0.15) is 16.7 Å². The maximum atomic E-state index is 12.5. The van der Waals surface area contributed by atoms with Gasteiger partial charge in [0.05, 0.1) is 14.2 Å². The second-order valence-corrected chi connectivity index (χ2v) is 7.19. The number of para-hydroxylation sites is 2. The molecule has 0 aliphatic rings. The smallest absolute Gasteiger partial charge is 0.279 e. The van der Waals surface area contributed by atoms with Crippen LogP contribution in [0.5, 0.6) is 5.75 Å². The van der Waals surface area contributed by atoms with E-state index in [0.29, 0.717) is 6.54 Å². The molecule has 28 heavy (non-hydrogen) atoms. The van der Waals surface area contributed by atoms with E-state index in [4.69, 9.17) is 4.74 Å². The number of likely N-dealkylation sites (N-methyl/N-ethyl adjacent to an activating group) is 2. The van der Waals surface area contributed by atoms with E-state index in [9.17, 15) is 9.59 Å². The fourth-order valence-corrected chi connectivity index (χ4v) is 3.10. The van der Waals surface area contributed by atoms with Crippen LogP contribution in [0.25, 0.3) is 0 Å². The van der Waals surface area contributed by atoms with Crippen LogP contribution in [0.15, 0.2) is 42.5 Å². The molecule has 2 N–H and O–H groups in total. The normalized spacial score (nSPS) is 11.6. The quantitative estimate of drug-likeness (QED) is 0.724. The van der Waals surface area contributed by atoms with Gasteiger partial charge in [-0.05, 0) is 31.0 Å². The fraction of sp³-hybridized carbons (Fsp3) is 0.364. The van der Waals surface area contributed by atoms with Gasteiger partial charge in [0.2, 0.25) is 0 Å². The number of carbonyl (C=O) groups excluding carboxylic acids is 2. The van der Waals surface area contributed by atoms with Gasteiger partial charge in [0.25, 0.3) is 11.8 Å². The number of quaternary nitrogens is 1. The van der Waals surface area contributed by atoms with Crippen LogP contribution >= 0.6 is 0 Å². The summed E-state index contributed by atoms with van der Waals surface area (Å²) in [5.74, 6) is 0.634. The largest absolute Gasteiger partial charge is 0.496 e. The molecule has 6 nitrogen and oxygen atoms in total. The third-order valence-corrected chi connectivity index (χ3v) is 4.69. The van der Waals surface area contributed by atoms with Crippen LogP contribution in [-0.4, -0.2) is 51.0 Å². The molecule has 1 unspecified atom stereocenters. The Morgan fingerprint density at radius 2 is 1.68 bits per heavy atom. The van der Waals surface area contributed by atoms with Crippen molar-refractivity contribution in [3.05, 3.63) is 59.2 Å². The predicted octanol–water partition coefficient (Wildman–Crippen LogP) is 1.42. The van der Waals surface area contributed by atoms with E-state index in [1.807, 2.05) is 63.4 Å². The third-order valence-electron chi connectivity index (χ3n) is 4.69. The molecule has 6 heteroatoms.